The number of hydrogen-bond donors (Lipinski definition) is 6. The Morgan fingerprint density at radius 1 is 0.423 bits per heavy atom. The molecule has 0 aliphatic heterocycles. The van der Waals surface area contributed by atoms with Crippen LogP contribution in [-0.2, 0) is 66.7 Å². The standard InChI is InChI=1S/C51H96N4O16/c1-2-3-4-5-6-7-8-9-11-14-17-20-43(44(51(62)63)21-18-15-12-10-13-16-19-22-48(58)59)50(61)54-26-28-65-30-32-67-34-36-69-38-40-71-42-41-70-39-37-68-35-33-66-31-29-64-27-25-47(57)55-45(49(53)60)23-24-46(52)56/h43-45H,2-42H2,1H3,(H2,52,56)(H2,53,60)(H,54,61)(H,55,57)(H,58,59)(H,62,63)/t43?,44?,45-/m0/s1. The lowest BCUT2D eigenvalue weighted by Gasteiger charge is -2.23. The minimum absolute atomic E-state index is 0.0258. The maximum absolute atomic E-state index is 13.4. The molecule has 20 heteroatoms. The molecule has 0 aliphatic rings. The van der Waals surface area contributed by atoms with E-state index in [1.165, 1.54) is 51.4 Å². The Balaban J connectivity index is 4.00. The number of carboxylic acid groups (broad SMARTS) is 2. The lowest BCUT2D eigenvalue weighted by atomic mass is 9.83. The number of nitrogens with one attached hydrogen (secondary N) is 2. The molecule has 0 aliphatic carbocycles. The number of rotatable bonds is 57. The first-order valence-corrected chi connectivity index (χ1v) is 26.7. The number of aliphatic carboxylic acids is 2. The summed E-state index contributed by atoms with van der Waals surface area (Å²) in [6, 6.07) is -0.959. The van der Waals surface area contributed by atoms with Crippen molar-refractivity contribution >= 4 is 35.6 Å². The molecule has 4 amide bonds. The van der Waals surface area contributed by atoms with Gasteiger partial charge >= 0.3 is 11.9 Å². The largest absolute Gasteiger partial charge is 0.481 e. The van der Waals surface area contributed by atoms with Gasteiger partial charge in [0.1, 0.15) is 6.04 Å². The first-order valence-electron chi connectivity index (χ1n) is 26.7. The van der Waals surface area contributed by atoms with Crippen LogP contribution < -0.4 is 22.1 Å². The van der Waals surface area contributed by atoms with E-state index in [4.69, 9.17) is 54.5 Å². The van der Waals surface area contributed by atoms with Crippen LogP contribution in [0.4, 0.5) is 0 Å². The predicted molar refractivity (Wildman–Crippen MR) is 269 cm³/mol. The van der Waals surface area contributed by atoms with Crippen LogP contribution in [0, 0.1) is 11.8 Å². The number of hydrogen-bond acceptors (Lipinski definition) is 14. The molecule has 20 nitrogen and oxygen atoms in total. The van der Waals surface area contributed by atoms with Crippen molar-refractivity contribution in [2.24, 2.45) is 23.3 Å². The van der Waals surface area contributed by atoms with Crippen LogP contribution in [0.5, 0.6) is 0 Å². The Hall–Kier alpha value is -3.50. The lowest BCUT2D eigenvalue weighted by molar-refractivity contribution is -0.148. The number of nitrogens with two attached hydrogens (primary N) is 2. The minimum Gasteiger partial charge on any atom is -0.481 e. The van der Waals surface area contributed by atoms with E-state index in [9.17, 15) is 33.9 Å². The third kappa shape index (κ3) is 47.3. The third-order valence-electron chi connectivity index (χ3n) is 11.6. The molecule has 0 aromatic heterocycles. The van der Waals surface area contributed by atoms with Gasteiger partial charge in [0.25, 0.3) is 0 Å². The molecule has 0 saturated heterocycles. The van der Waals surface area contributed by atoms with E-state index in [2.05, 4.69) is 17.6 Å². The van der Waals surface area contributed by atoms with Gasteiger partial charge in [-0.05, 0) is 25.7 Å². The van der Waals surface area contributed by atoms with Crippen LogP contribution in [0.2, 0.25) is 0 Å². The van der Waals surface area contributed by atoms with E-state index in [1.54, 1.807) is 0 Å². The molecular weight excluding hydrogens is 925 g/mol. The van der Waals surface area contributed by atoms with Crippen molar-refractivity contribution in [1.82, 2.24) is 10.6 Å². The minimum atomic E-state index is -0.959. The van der Waals surface area contributed by atoms with Crippen LogP contribution in [-0.4, -0.2) is 164 Å². The SMILES string of the molecule is CCCCCCCCCCCCCC(C(=O)NCCOCCOCCOCCOCCOCCOCCOCCOCCC(=O)N[C@@H](CCC(N)=O)C(N)=O)C(CCCCCCCCCC(=O)O)C(=O)O. The van der Waals surface area contributed by atoms with Crippen molar-refractivity contribution in [1.29, 1.82) is 0 Å². The average molecular weight is 1020 g/mol. The molecule has 3 atom stereocenters. The van der Waals surface area contributed by atoms with Gasteiger partial charge in [0, 0.05) is 25.8 Å². The number of primary amides is 2. The summed E-state index contributed by atoms with van der Waals surface area (Å²) < 4.78 is 44.0. The Bertz CT molecular complexity index is 1320. The molecular formula is C51H96N4O16. The van der Waals surface area contributed by atoms with E-state index in [0.717, 1.165) is 57.8 Å². The molecule has 0 spiro atoms. The Labute approximate surface area is 424 Å². The average Bonchev–Trinajstić information content (AvgIpc) is 3.33. The molecule has 0 fully saturated rings. The van der Waals surface area contributed by atoms with Gasteiger partial charge in [-0.25, -0.2) is 0 Å². The van der Waals surface area contributed by atoms with Crippen LogP contribution in [0.15, 0.2) is 0 Å². The van der Waals surface area contributed by atoms with Gasteiger partial charge in [-0.15, -0.1) is 0 Å². The fourth-order valence-corrected chi connectivity index (χ4v) is 7.59. The first kappa shape index (κ1) is 67.5. The Kier molecular flexibility index (Phi) is 48.9. The molecule has 0 radical (unpaired) electrons. The number of ether oxygens (including phenoxy) is 8. The highest BCUT2D eigenvalue weighted by atomic mass is 16.6. The number of carbonyl (C=O) groups excluding carboxylic acids is 4. The first-order chi connectivity index (χ1) is 34.5. The maximum atomic E-state index is 13.4. The van der Waals surface area contributed by atoms with Crippen molar-refractivity contribution in [3.05, 3.63) is 0 Å². The normalized spacial score (nSPS) is 12.6. The summed E-state index contributed by atoms with van der Waals surface area (Å²) in [6.45, 7) is 8.34. The zero-order valence-corrected chi connectivity index (χ0v) is 43.5. The molecule has 2 unspecified atom stereocenters. The van der Waals surface area contributed by atoms with Crippen molar-refractivity contribution in [3.8, 4) is 0 Å². The molecule has 0 rings (SSSR count). The molecule has 0 heterocycles. The van der Waals surface area contributed by atoms with Crippen molar-refractivity contribution < 1.29 is 76.9 Å². The highest BCUT2D eigenvalue weighted by molar-refractivity contribution is 5.87. The smallest absolute Gasteiger partial charge is 0.307 e. The van der Waals surface area contributed by atoms with Gasteiger partial charge in [0.15, 0.2) is 0 Å². The number of unbranched alkanes of at least 4 members (excludes halogenated alkanes) is 16. The second kappa shape index (κ2) is 51.4. The van der Waals surface area contributed by atoms with Gasteiger partial charge in [-0.3, -0.25) is 28.8 Å². The van der Waals surface area contributed by atoms with Gasteiger partial charge in [-0.1, -0.05) is 116 Å². The third-order valence-corrected chi connectivity index (χ3v) is 11.6. The number of carboxylic acids is 2. The Morgan fingerprint density at radius 3 is 1.17 bits per heavy atom. The summed E-state index contributed by atoms with van der Waals surface area (Å²) in [5, 5.41) is 24.4. The summed E-state index contributed by atoms with van der Waals surface area (Å²) in [6.07, 6.45) is 20.5. The molecule has 71 heavy (non-hydrogen) atoms. The molecule has 0 bridgehead atoms. The monoisotopic (exact) mass is 1020 g/mol. The van der Waals surface area contributed by atoms with E-state index >= 15 is 0 Å². The van der Waals surface area contributed by atoms with Crippen LogP contribution in [0.1, 0.15) is 161 Å². The summed E-state index contributed by atoms with van der Waals surface area (Å²) in [5.41, 5.74) is 10.3. The molecule has 0 aromatic carbocycles. The zero-order chi connectivity index (χ0) is 52.3. The second-order valence-electron chi connectivity index (χ2n) is 17.8. The highest BCUT2D eigenvalue weighted by Gasteiger charge is 2.32. The lowest BCUT2D eigenvalue weighted by Crippen LogP contribution is -2.45. The number of carbonyl (C=O) groups is 6. The maximum Gasteiger partial charge on any atom is 0.307 e. The topological polar surface area (TPSA) is 293 Å². The molecule has 0 aromatic rings. The Morgan fingerprint density at radius 2 is 0.789 bits per heavy atom. The van der Waals surface area contributed by atoms with E-state index in [1.807, 2.05) is 0 Å². The quantitative estimate of drug-likeness (QED) is 0.0412. The van der Waals surface area contributed by atoms with Gasteiger partial charge in [0.2, 0.25) is 23.6 Å². The predicted octanol–water partition coefficient (Wildman–Crippen LogP) is 5.47. The number of amides is 4. The van der Waals surface area contributed by atoms with Gasteiger partial charge in [-0.2, -0.15) is 0 Å². The van der Waals surface area contributed by atoms with E-state index < -0.39 is 47.5 Å². The summed E-state index contributed by atoms with van der Waals surface area (Å²) in [7, 11) is 0. The van der Waals surface area contributed by atoms with Gasteiger partial charge < -0.3 is 70.2 Å². The highest BCUT2D eigenvalue weighted by Crippen LogP contribution is 2.26. The molecule has 0 saturated carbocycles. The summed E-state index contributed by atoms with van der Waals surface area (Å²) in [5.74, 6) is -4.96. The van der Waals surface area contributed by atoms with Crippen molar-refractivity contribution in [3.63, 3.8) is 0 Å². The second-order valence-corrected chi connectivity index (χ2v) is 17.8. The fraction of sp³-hybridized carbons (Fsp3) is 0.882. The van der Waals surface area contributed by atoms with Crippen LogP contribution in [0.3, 0.4) is 0 Å². The van der Waals surface area contributed by atoms with Crippen molar-refractivity contribution in [2.75, 3.05) is 112 Å². The summed E-state index contributed by atoms with van der Waals surface area (Å²) >= 11 is 0. The van der Waals surface area contributed by atoms with E-state index in [-0.39, 0.29) is 44.8 Å². The van der Waals surface area contributed by atoms with Crippen molar-refractivity contribution in [2.45, 2.75) is 167 Å². The van der Waals surface area contributed by atoms with Crippen LogP contribution >= 0.6 is 0 Å². The van der Waals surface area contributed by atoms with Crippen LogP contribution in [0.25, 0.3) is 0 Å². The summed E-state index contributed by atoms with van der Waals surface area (Å²) in [4.78, 5) is 70.9. The molecule has 8 N–H and O–H groups in total. The molecule has 416 valence electrons. The van der Waals surface area contributed by atoms with Gasteiger partial charge in [0.05, 0.1) is 118 Å². The zero-order valence-electron chi connectivity index (χ0n) is 43.5. The fourth-order valence-electron chi connectivity index (χ4n) is 7.59. The van der Waals surface area contributed by atoms with E-state index in [0.29, 0.717) is 118 Å².